The fraction of sp³-hybridized carbons (Fsp3) is 0.222. The average Bonchev–Trinajstić information content (AvgIpc) is 3.48. The van der Waals surface area contributed by atoms with Crippen LogP contribution in [0.5, 0.6) is 0 Å². The molecule has 35 heavy (non-hydrogen) atoms. The Balaban J connectivity index is 1.70. The van der Waals surface area contributed by atoms with E-state index in [2.05, 4.69) is 0 Å². The minimum atomic E-state index is -1.67. The maximum atomic E-state index is 14.7. The summed E-state index contributed by atoms with van der Waals surface area (Å²) >= 11 is -1.67. The number of benzene rings is 2. The molecule has 2 aromatic carbocycles. The van der Waals surface area contributed by atoms with Gasteiger partial charge in [-0.2, -0.15) is 3.97 Å². The topological polar surface area (TPSA) is 70.7 Å². The lowest BCUT2D eigenvalue weighted by molar-refractivity contribution is 0.0285. The van der Waals surface area contributed by atoms with E-state index in [0.29, 0.717) is 21.7 Å². The van der Waals surface area contributed by atoms with Crippen LogP contribution in [-0.4, -0.2) is 32.2 Å². The molecule has 1 unspecified atom stereocenters. The molecule has 1 atom stereocenters. The van der Waals surface area contributed by atoms with E-state index >= 15 is 0 Å². The van der Waals surface area contributed by atoms with Crippen LogP contribution < -0.4 is 0 Å². The van der Waals surface area contributed by atoms with E-state index in [1.807, 2.05) is 24.3 Å². The second-order valence-electron chi connectivity index (χ2n) is 9.16. The summed E-state index contributed by atoms with van der Waals surface area (Å²) in [6, 6.07) is 17.2. The van der Waals surface area contributed by atoms with Crippen molar-refractivity contribution in [1.29, 1.82) is 0 Å². The number of rotatable bonds is 6. The number of ether oxygens (including phenoxy) is 1. The molecular weight excluding hydrogens is 467 g/mol. The number of aromatic nitrogens is 1. The fourth-order valence-corrected chi connectivity index (χ4v) is 4.80. The molecule has 4 rings (SSSR count). The van der Waals surface area contributed by atoms with Gasteiger partial charge in [-0.15, -0.1) is 0 Å². The number of hydrogen-bond donors (Lipinski definition) is 0. The van der Waals surface area contributed by atoms with E-state index in [1.165, 1.54) is 14.9 Å². The van der Waals surface area contributed by atoms with Crippen LogP contribution in [0.1, 0.15) is 26.3 Å². The predicted molar refractivity (Wildman–Crippen MR) is 133 cm³/mol. The first-order valence-corrected chi connectivity index (χ1v) is 12.2. The van der Waals surface area contributed by atoms with Crippen LogP contribution in [0.3, 0.4) is 0 Å². The number of halogens is 1. The van der Waals surface area contributed by atoms with Crippen molar-refractivity contribution in [3.63, 3.8) is 0 Å². The highest BCUT2D eigenvalue weighted by Crippen LogP contribution is 2.31. The molecule has 0 aliphatic heterocycles. The molecule has 0 saturated carbocycles. The quantitative estimate of drug-likeness (QED) is 0.287. The number of carbonyl (C=O) groups excluding carboxylic acids is 1. The maximum Gasteiger partial charge on any atom is 0.410 e. The molecule has 2 heterocycles. The Hall–Kier alpha value is -3.49. The molecule has 4 aromatic rings. The highest BCUT2D eigenvalue weighted by Gasteiger charge is 2.25. The molecule has 0 radical (unpaired) electrons. The van der Waals surface area contributed by atoms with E-state index in [1.54, 1.807) is 76.9 Å². The van der Waals surface area contributed by atoms with E-state index in [4.69, 9.17) is 9.15 Å². The molecule has 8 heteroatoms. The molecule has 0 spiro atoms. The van der Waals surface area contributed by atoms with E-state index < -0.39 is 28.9 Å². The van der Waals surface area contributed by atoms with Gasteiger partial charge in [-0.3, -0.25) is 0 Å². The number of nitrogens with zero attached hydrogens (tertiary/aromatic N) is 2. The number of furan rings is 1. The van der Waals surface area contributed by atoms with Gasteiger partial charge in [0, 0.05) is 24.2 Å². The van der Waals surface area contributed by atoms with Crippen LogP contribution >= 0.6 is 0 Å². The van der Waals surface area contributed by atoms with Crippen molar-refractivity contribution < 1.29 is 22.9 Å². The van der Waals surface area contributed by atoms with Crippen molar-refractivity contribution in [2.75, 3.05) is 7.05 Å². The first kappa shape index (κ1) is 24.6. The molecule has 0 saturated heterocycles. The molecule has 1 amide bonds. The Kier molecular flexibility index (Phi) is 7.05. The normalized spacial score (nSPS) is 12.4. The summed E-state index contributed by atoms with van der Waals surface area (Å²) in [6.45, 7) is 5.60. The fourth-order valence-electron chi connectivity index (χ4n) is 3.59. The Morgan fingerprint density at radius 1 is 1.11 bits per heavy atom. The lowest BCUT2D eigenvalue weighted by Gasteiger charge is -2.24. The molecule has 0 bridgehead atoms. The molecule has 0 aliphatic carbocycles. The van der Waals surface area contributed by atoms with Crippen molar-refractivity contribution in [1.82, 2.24) is 8.87 Å². The van der Waals surface area contributed by atoms with Crippen molar-refractivity contribution in [2.24, 2.45) is 0 Å². The second-order valence-corrected chi connectivity index (χ2v) is 10.5. The Morgan fingerprint density at radius 2 is 1.89 bits per heavy atom. The predicted octanol–water partition coefficient (Wildman–Crippen LogP) is 6.49. The lowest BCUT2D eigenvalue weighted by atomic mass is 10.1. The third-order valence-corrected chi connectivity index (χ3v) is 6.50. The second kappa shape index (κ2) is 10.0. The van der Waals surface area contributed by atoms with Crippen molar-refractivity contribution >= 4 is 17.5 Å². The molecule has 0 N–H and O–H groups in total. The van der Waals surface area contributed by atoms with E-state index in [-0.39, 0.29) is 6.54 Å². The molecular formula is C27H27FN2O4S. The van der Waals surface area contributed by atoms with Crippen LogP contribution in [-0.2, 0) is 22.6 Å². The van der Waals surface area contributed by atoms with Crippen LogP contribution in [0, 0.1) is 5.82 Å². The van der Waals surface area contributed by atoms with Crippen LogP contribution in [0.15, 0.2) is 88.7 Å². The first-order valence-electron chi connectivity index (χ1n) is 11.1. The van der Waals surface area contributed by atoms with E-state index in [0.717, 1.165) is 11.1 Å². The minimum absolute atomic E-state index is 0.204. The Morgan fingerprint density at radius 3 is 2.57 bits per heavy atom. The SMILES string of the molecule is CN(Cc1cc(-c2ccccc2F)n([S+]([O-])c2cccc(-c3ccoc3)c2)c1)C(=O)OC(C)(C)C. The Labute approximate surface area is 207 Å². The number of hydrogen-bond acceptors (Lipinski definition) is 4. The molecule has 6 nitrogen and oxygen atoms in total. The lowest BCUT2D eigenvalue weighted by Crippen LogP contribution is -2.33. The highest BCUT2D eigenvalue weighted by atomic mass is 32.2. The van der Waals surface area contributed by atoms with Gasteiger partial charge in [0.05, 0.1) is 25.3 Å². The number of carbonyl (C=O) groups is 1. The molecule has 2 aromatic heterocycles. The summed E-state index contributed by atoms with van der Waals surface area (Å²) in [5.74, 6) is -0.428. The Bertz CT molecular complexity index is 1310. The summed E-state index contributed by atoms with van der Waals surface area (Å²) in [4.78, 5) is 14.4. The monoisotopic (exact) mass is 494 g/mol. The zero-order valence-electron chi connectivity index (χ0n) is 20.0. The van der Waals surface area contributed by atoms with Gasteiger partial charge in [-0.05, 0) is 62.2 Å². The minimum Gasteiger partial charge on any atom is -0.587 e. The molecule has 0 aliphatic rings. The molecule has 182 valence electrons. The van der Waals surface area contributed by atoms with Gasteiger partial charge in [-0.25, -0.2) is 9.18 Å². The highest BCUT2D eigenvalue weighted by molar-refractivity contribution is 7.90. The van der Waals surface area contributed by atoms with Crippen LogP contribution in [0.2, 0.25) is 0 Å². The standard InChI is InChI=1S/C27H27FN2O4S/c1-27(2,3)34-26(31)29(4)16-19-14-25(23-10-5-6-11-24(23)28)30(17-19)35(32)22-9-7-8-20(15-22)21-12-13-33-18-21/h5-15,17-18H,16H2,1-4H3. The average molecular weight is 495 g/mol. The zero-order chi connectivity index (χ0) is 25.2. The van der Waals surface area contributed by atoms with Crippen molar-refractivity contribution in [3.8, 4) is 22.4 Å². The van der Waals surface area contributed by atoms with Gasteiger partial charge in [0.1, 0.15) is 28.5 Å². The third-order valence-electron chi connectivity index (χ3n) is 5.19. The number of amides is 1. The van der Waals surface area contributed by atoms with Gasteiger partial charge in [0.15, 0.2) is 4.90 Å². The summed E-state index contributed by atoms with van der Waals surface area (Å²) in [6.07, 6.45) is 4.40. The summed E-state index contributed by atoms with van der Waals surface area (Å²) in [5.41, 5.74) is 2.55. The van der Waals surface area contributed by atoms with Crippen LogP contribution in [0.4, 0.5) is 9.18 Å². The largest absolute Gasteiger partial charge is 0.587 e. The maximum absolute atomic E-state index is 14.7. The summed E-state index contributed by atoms with van der Waals surface area (Å²) < 4.78 is 40.6. The zero-order valence-corrected chi connectivity index (χ0v) is 20.8. The van der Waals surface area contributed by atoms with Gasteiger partial charge in [0.25, 0.3) is 0 Å². The smallest absolute Gasteiger partial charge is 0.410 e. The van der Waals surface area contributed by atoms with Gasteiger partial charge < -0.3 is 18.6 Å². The third kappa shape index (κ3) is 5.78. The van der Waals surface area contributed by atoms with E-state index in [9.17, 15) is 13.7 Å². The molecule has 0 fully saturated rings. The van der Waals surface area contributed by atoms with Crippen LogP contribution in [0.25, 0.3) is 22.4 Å². The van der Waals surface area contributed by atoms with Crippen molar-refractivity contribution in [3.05, 3.63) is 90.8 Å². The van der Waals surface area contributed by atoms with Gasteiger partial charge >= 0.3 is 6.09 Å². The van der Waals surface area contributed by atoms with Crippen molar-refractivity contribution in [2.45, 2.75) is 37.8 Å². The summed E-state index contributed by atoms with van der Waals surface area (Å²) in [7, 11) is 1.62. The van der Waals surface area contributed by atoms with Gasteiger partial charge in [-0.1, -0.05) is 24.3 Å². The van der Waals surface area contributed by atoms with Gasteiger partial charge in [0.2, 0.25) is 0 Å². The first-order chi connectivity index (χ1) is 16.6. The summed E-state index contributed by atoms with van der Waals surface area (Å²) in [5, 5.41) is 0.